The first-order chi connectivity index (χ1) is 8.70. The zero-order valence-electron chi connectivity index (χ0n) is 12.7. The lowest BCUT2D eigenvalue weighted by atomic mass is 10.1. The van der Waals surface area contributed by atoms with Crippen molar-refractivity contribution in [3.63, 3.8) is 0 Å². The number of hydrogen-bond acceptors (Lipinski definition) is 2. The Bertz CT molecular complexity index is 190. The maximum absolute atomic E-state index is 11.6. The molecule has 0 radical (unpaired) electrons. The number of ether oxygens (including phenoxy) is 1. The molecule has 0 saturated heterocycles. The molecule has 108 valence electrons. The molecular weight excluding hydrogens is 224 g/mol. The zero-order valence-corrected chi connectivity index (χ0v) is 12.7. The van der Waals surface area contributed by atoms with Crippen molar-refractivity contribution in [2.75, 3.05) is 0 Å². The predicted octanol–water partition coefficient (Wildman–Crippen LogP) is 5.25. The highest BCUT2D eigenvalue weighted by Crippen LogP contribution is 2.10. The number of carbonyl (C=O) groups excluding carboxylic acids is 1. The van der Waals surface area contributed by atoms with Crippen LogP contribution in [0.2, 0.25) is 0 Å². The molecule has 2 heteroatoms. The molecule has 0 amide bonds. The summed E-state index contributed by atoms with van der Waals surface area (Å²) in [6.45, 7) is 6.43. The molecule has 0 aliphatic carbocycles. The van der Waals surface area contributed by atoms with Crippen molar-refractivity contribution in [1.82, 2.24) is 0 Å². The van der Waals surface area contributed by atoms with Gasteiger partial charge in [0.1, 0.15) is 0 Å². The van der Waals surface area contributed by atoms with E-state index in [0.29, 0.717) is 6.42 Å². The smallest absolute Gasteiger partial charge is 0.306 e. The van der Waals surface area contributed by atoms with Crippen LogP contribution in [0.15, 0.2) is 0 Å². The summed E-state index contributed by atoms with van der Waals surface area (Å²) in [5.41, 5.74) is 0. The predicted molar refractivity (Wildman–Crippen MR) is 77.7 cm³/mol. The van der Waals surface area contributed by atoms with Crippen molar-refractivity contribution in [3.05, 3.63) is 0 Å². The van der Waals surface area contributed by atoms with Gasteiger partial charge in [0.25, 0.3) is 0 Å². The summed E-state index contributed by atoms with van der Waals surface area (Å²) in [6.07, 6.45) is 12.6. The van der Waals surface area contributed by atoms with Crippen molar-refractivity contribution in [2.45, 2.75) is 97.5 Å². The molecule has 0 fully saturated rings. The van der Waals surface area contributed by atoms with E-state index in [1.165, 1.54) is 44.9 Å². The van der Waals surface area contributed by atoms with Crippen molar-refractivity contribution in [1.29, 1.82) is 0 Å². The molecule has 0 bridgehead atoms. The molecule has 0 spiro atoms. The van der Waals surface area contributed by atoms with Gasteiger partial charge in [0.15, 0.2) is 0 Å². The Labute approximate surface area is 113 Å². The van der Waals surface area contributed by atoms with E-state index in [-0.39, 0.29) is 12.1 Å². The number of unbranched alkanes of at least 4 members (excludes halogenated alkanes) is 7. The molecule has 0 aromatic heterocycles. The lowest BCUT2D eigenvalue weighted by Gasteiger charge is -2.13. The van der Waals surface area contributed by atoms with Gasteiger partial charge in [0.05, 0.1) is 6.10 Å². The Morgan fingerprint density at radius 2 is 1.44 bits per heavy atom. The van der Waals surface area contributed by atoms with E-state index >= 15 is 0 Å². The molecule has 0 aliphatic rings. The number of carbonyl (C=O) groups is 1. The van der Waals surface area contributed by atoms with Gasteiger partial charge in [-0.2, -0.15) is 0 Å². The highest BCUT2D eigenvalue weighted by atomic mass is 16.5. The lowest BCUT2D eigenvalue weighted by molar-refractivity contribution is -0.148. The number of hydrogen-bond donors (Lipinski definition) is 0. The van der Waals surface area contributed by atoms with E-state index in [0.717, 1.165) is 19.3 Å². The lowest BCUT2D eigenvalue weighted by Crippen LogP contribution is -2.14. The largest absolute Gasteiger partial charge is 0.463 e. The monoisotopic (exact) mass is 256 g/mol. The minimum atomic E-state index is -0.00510. The molecule has 18 heavy (non-hydrogen) atoms. The Balaban J connectivity index is 3.37. The average molecular weight is 256 g/mol. The van der Waals surface area contributed by atoms with E-state index in [9.17, 15) is 4.79 Å². The average Bonchev–Trinajstić information content (AvgIpc) is 2.34. The highest BCUT2D eigenvalue weighted by Gasteiger charge is 2.08. The minimum Gasteiger partial charge on any atom is -0.463 e. The van der Waals surface area contributed by atoms with Crippen molar-refractivity contribution >= 4 is 5.97 Å². The van der Waals surface area contributed by atoms with E-state index in [4.69, 9.17) is 4.74 Å². The zero-order chi connectivity index (χ0) is 13.6. The van der Waals surface area contributed by atoms with E-state index in [1.807, 2.05) is 6.92 Å². The van der Waals surface area contributed by atoms with Crippen LogP contribution in [-0.4, -0.2) is 12.1 Å². The number of esters is 1. The van der Waals surface area contributed by atoms with E-state index < -0.39 is 0 Å². The van der Waals surface area contributed by atoms with Crippen LogP contribution in [0.5, 0.6) is 0 Å². The normalized spacial score (nSPS) is 12.4. The summed E-state index contributed by atoms with van der Waals surface area (Å²) in [5, 5.41) is 0. The first kappa shape index (κ1) is 17.5. The third kappa shape index (κ3) is 11.9. The van der Waals surface area contributed by atoms with E-state index in [2.05, 4.69) is 13.8 Å². The molecule has 0 heterocycles. The third-order valence-corrected chi connectivity index (χ3v) is 3.28. The van der Waals surface area contributed by atoms with Gasteiger partial charge in [-0.1, -0.05) is 58.8 Å². The Morgan fingerprint density at radius 1 is 0.889 bits per heavy atom. The summed E-state index contributed by atoms with van der Waals surface area (Å²) >= 11 is 0. The maximum atomic E-state index is 11.6. The van der Waals surface area contributed by atoms with Crippen LogP contribution in [0, 0.1) is 0 Å². The molecule has 1 atom stereocenters. The summed E-state index contributed by atoms with van der Waals surface area (Å²) in [6, 6.07) is 0. The second kappa shape index (κ2) is 12.9. The van der Waals surface area contributed by atoms with Gasteiger partial charge in [0.2, 0.25) is 0 Å². The summed E-state index contributed by atoms with van der Waals surface area (Å²) in [5.74, 6) is -0.00510. The van der Waals surface area contributed by atoms with Crippen molar-refractivity contribution < 1.29 is 9.53 Å². The van der Waals surface area contributed by atoms with Crippen LogP contribution in [-0.2, 0) is 9.53 Å². The quantitative estimate of drug-likeness (QED) is 0.352. The van der Waals surface area contributed by atoms with Gasteiger partial charge >= 0.3 is 5.97 Å². The maximum Gasteiger partial charge on any atom is 0.306 e. The minimum absolute atomic E-state index is 0.00510. The first-order valence-corrected chi connectivity index (χ1v) is 7.90. The fraction of sp³-hybridized carbons (Fsp3) is 0.938. The van der Waals surface area contributed by atoms with Crippen LogP contribution < -0.4 is 0 Å². The molecule has 0 aliphatic heterocycles. The van der Waals surface area contributed by atoms with Crippen LogP contribution in [0.4, 0.5) is 0 Å². The van der Waals surface area contributed by atoms with Gasteiger partial charge in [-0.05, 0) is 26.2 Å². The summed E-state index contributed by atoms with van der Waals surface area (Å²) < 4.78 is 5.40. The van der Waals surface area contributed by atoms with Crippen LogP contribution in [0.25, 0.3) is 0 Å². The Kier molecular flexibility index (Phi) is 12.5. The van der Waals surface area contributed by atoms with Gasteiger partial charge in [-0.15, -0.1) is 0 Å². The van der Waals surface area contributed by atoms with Crippen LogP contribution in [0.3, 0.4) is 0 Å². The fourth-order valence-electron chi connectivity index (χ4n) is 2.07. The van der Waals surface area contributed by atoms with Gasteiger partial charge in [-0.3, -0.25) is 4.79 Å². The summed E-state index contributed by atoms with van der Waals surface area (Å²) in [4.78, 5) is 11.6. The van der Waals surface area contributed by atoms with Crippen LogP contribution >= 0.6 is 0 Å². The second-order valence-electron chi connectivity index (χ2n) is 5.31. The Hall–Kier alpha value is -0.530. The standard InChI is InChI=1S/C16H32O2/c1-4-6-8-10-12-14-16(17)18-15(3)13-11-9-7-5-2/h15H,4-14H2,1-3H3/t15-/m1/s1. The van der Waals surface area contributed by atoms with E-state index in [1.54, 1.807) is 0 Å². The molecule has 0 saturated carbocycles. The Morgan fingerprint density at radius 3 is 2.06 bits per heavy atom. The van der Waals surface area contributed by atoms with Gasteiger partial charge in [-0.25, -0.2) is 0 Å². The first-order valence-electron chi connectivity index (χ1n) is 7.90. The molecule has 2 nitrogen and oxygen atoms in total. The summed E-state index contributed by atoms with van der Waals surface area (Å²) in [7, 11) is 0. The molecule has 0 unspecified atom stereocenters. The van der Waals surface area contributed by atoms with Crippen molar-refractivity contribution in [2.24, 2.45) is 0 Å². The van der Waals surface area contributed by atoms with Crippen LogP contribution in [0.1, 0.15) is 91.4 Å². The second-order valence-corrected chi connectivity index (χ2v) is 5.31. The third-order valence-electron chi connectivity index (χ3n) is 3.28. The molecule has 0 rings (SSSR count). The SMILES string of the molecule is CCCCCCCC(=O)O[C@H](C)CCCCCC. The topological polar surface area (TPSA) is 26.3 Å². The van der Waals surface area contributed by atoms with Crippen molar-refractivity contribution in [3.8, 4) is 0 Å². The van der Waals surface area contributed by atoms with Gasteiger partial charge < -0.3 is 4.74 Å². The van der Waals surface area contributed by atoms with Gasteiger partial charge in [0, 0.05) is 6.42 Å². The molecule has 0 N–H and O–H groups in total. The fourth-order valence-corrected chi connectivity index (χ4v) is 2.07. The molecule has 0 aromatic carbocycles. The highest BCUT2D eigenvalue weighted by molar-refractivity contribution is 5.69. The molecule has 0 aromatic rings. The number of rotatable bonds is 12. The molecular formula is C16H32O2.